The second-order valence-corrected chi connectivity index (χ2v) is 4.24. The maximum atomic E-state index is 2.26. The van der Waals surface area contributed by atoms with Gasteiger partial charge in [0, 0.05) is 0 Å². The van der Waals surface area contributed by atoms with E-state index in [0.29, 0.717) is 0 Å². The van der Waals surface area contributed by atoms with Gasteiger partial charge in [-0.25, -0.2) is 0 Å². The standard InChI is InChI=1S/C17H28/c1-3-5-7-9-11-13-15-17-16-14-12-10-8-6-4-2/h5,7,9,11,13,15-17H,3-4,6,8,10,12,14H2,1-2H3/b7-5+,11-9+,15-13+,17-16+. The van der Waals surface area contributed by atoms with Crippen molar-refractivity contribution in [1.82, 2.24) is 0 Å². The van der Waals surface area contributed by atoms with Crippen LogP contribution in [0.4, 0.5) is 0 Å². The average Bonchev–Trinajstić information content (AvgIpc) is 2.35. The predicted molar refractivity (Wildman–Crippen MR) is 80.2 cm³/mol. The number of allylic oxidation sites excluding steroid dienone is 8. The van der Waals surface area contributed by atoms with E-state index in [1.807, 2.05) is 0 Å². The van der Waals surface area contributed by atoms with Crippen LogP contribution in [0, 0.1) is 0 Å². The molecule has 96 valence electrons. The molecule has 0 rings (SSSR count). The number of hydrogen-bond donors (Lipinski definition) is 0. The first-order valence-corrected chi connectivity index (χ1v) is 7.06. The summed E-state index contributed by atoms with van der Waals surface area (Å²) < 4.78 is 0. The van der Waals surface area contributed by atoms with Crippen molar-refractivity contribution in [3.8, 4) is 0 Å². The predicted octanol–water partition coefficient (Wildman–Crippen LogP) is 5.98. The maximum Gasteiger partial charge on any atom is -0.0348 e. The van der Waals surface area contributed by atoms with E-state index in [0.717, 1.165) is 6.42 Å². The van der Waals surface area contributed by atoms with E-state index in [9.17, 15) is 0 Å². The molecule has 0 N–H and O–H groups in total. The van der Waals surface area contributed by atoms with Crippen LogP contribution in [0.1, 0.15) is 58.8 Å². The number of unbranched alkanes of at least 4 members (excludes halogenated alkanes) is 5. The molecule has 0 saturated heterocycles. The third kappa shape index (κ3) is 15.0. The Morgan fingerprint density at radius 3 is 1.82 bits per heavy atom. The van der Waals surface area contributed by atoms with Crippen molar-refractivity contribution in [1.29, 1.82) is 0 Å². The van der Waals surface area contributed by atoms with Crippen molar-refractivity contribution in [2.45, 2.75) is 58.8 Å². The van der Waals surface area contributed by atoms with Gasteiger partial charge < -0.3 is 0 Å². The Bertz CT molecular complexity index is 241. The van der Waals surface area contributed by atoms with E-state index < -0.39 is 0 Å². The monoisotopic (exact) mass is 232 g/mol. The van der Waals surface area contributed by atoms with Gasteiger partial charge >= 0.3 is 0 Å². The van der Waals surface area contributed by atoms with Crippen molar-refractivity contribution in [2.24, 2.45) is 0 Å². The zero-order chi connectivity index (χ0) is 12.6. The van der Waals surface area contributed by atoms with E-state index >= 15 is 0 Å². The first kappa shape index (κ1) is 16.0. The highest BCUT2D eigenvalue weighted by atomic mass is 13.9. The third-order valence-corrected chi connectivity index (χ3v) is 2.54. The molecule has 0 nitrogen and oxygen atoms in total. The van der Waals surface area contributed by atoms with Crippen LogP contribution in [0.5, 0.6) is 0 Å². The van der Waals surface area contributed by atoms with Gasteiger partial charge in [0.2, 0.25) is 0 Å². The molecule has 17 heavy (non-hydrogen) atoms. The lowest BCUT2D eigenvalue weighted by Gasteiger charge is -1.95. The average molecular weight is 232 g/mol. The molecule has 0 heteroatoms. The minimum atomic E-state index is 1.10. The summed E-state index contributed by atoms with van der Waals surface area (Å²) in [4.78, 5) is 0. The highest BCUT2D eigenvalue weighted by Gasteiger charge is 1.85. The fourth-order valence-corrected chi connectivity index (χ4v) is 1.51. The van der Waals surface area contributed by atoms with Crippen LogP contribution >= 0.6 is 0 Å². The van der Waals surface area contributed by atoms with Gasteiger partial charge in [-0.15, -0.1) is 0 Å². The molecule has 0 aliphatic rings. The van der Waals surface area contributed by atoms with Crippen molar-refractivity contribution >= 4 is 0 Å². The summed E-state index contributed by atoms with van der Waals surface area (Å²) in [6.45, 7) is 4.40. The summed E-state index contributed by atoms with van der Waals surface area (Å²) in [6, 6.07) is 0. The van der Waals surface area contributed by atoms with Crippen molar-refractivity contribution in [2.75, 3.05) is 0 Å². The Morgan fingerprint density at radius 1 is 0.588 bits per heavy atom. The van der Waals surface area contributed by atoms with Gasteiger partial charge in [-0.1, -0.05) is 88.1 Å². The molecule has 0 atom stereocenters. The van der Waals surface area contributed by atoms with Crippen LogP contribution in [0.25, 0.3) is 0 Å². The first-order valence-electron chi connectivity index (χ1n) is 7.06. The Hall–Kier alpha value is -1.04. The zero-order valence-electron chi connectivity index (χ0n) is 11.6. The van der Waals surface area contributed by atoms with Crippen LogP contribution in [0.3, 0.4) is 0 Å². The van der Waals surface area contributed by atoms with Crippen molar-refractivity contribution in [3.63, 3.8) is 0 Å². The second-order valence-electron chi connectivity index (χ2n) is 4.24. The lowest BCUT2D eigenvalue weighted by molar-refractivity contribution is 0.637. The fourth-order valence-electron chi connectivity index (χ4n) is 1.51. The van der Waals surface area contributed by atoms with Crippen LogP contribution < -0.4 is 0 Å². The summed E-state index contributed by atoms with van der Waals surface area (Å²) >= 11 is 0. The van der Waals surface area contributed by atoms with Gasteiger partial charge in [-0.3, -0.25) is 0 Å². The highest BCUT2D eigenvalue weighted by molar-refractivity contribution is 5.15. The minimum absolute atomic E-state index is 1.10. The molecule has 0 aromatic rings. The Balaban J connectivity index is 3.37. The van der Waals surface area contributed by atoms with Crippen molar-refractivity contribution < 1.29 is 0 Å². The molecule has 0 aliphatic heterocycles. The van der Waals surface area contributed by atoms with Crippen LogP contribution in [-0.4, -0.2) is 0 Å². The first-order chi connectivity index (χ1) is 8.41. The molecule has 0 aliphatic carbocycles. The minimum Gasteiger partial charge on any atom is -0.0848 e. The van der Waals surface area contributed by atoms with Gasteiger partial charge in [-0.05, 0) is 19.3 Å². The summed E-state index contributed by atoms with van der Waals surface area (Å²) in [5.74, 6) is 0. The number of rotatable bonds is 10. The molecular weight excluding hydrogens is 204 g/mol. The quantitative estimate of drug-likeness (QED) is 0.321. The molecule has 0 amide bonds. The smallest absolute Gasteiger partial charge is 0.0348 e. The van der Waals surface area contributed by atoms with Gasteiger partial charge in [0.1, 0.15) is 0 Å². The van der Waals surface area contributed by atoms with Crippen LogP contribution in [-0.2, 0) is 0 Å². The van der Waals surface area contributed by atoms with Crippen LogP contribution in [0.15, 0.2) is 48.6 Å². The molecule has 0 saturated carbocycles. The van der Waals surface area contributed by atoms with E-state index in [-0.39, 0.29) is 0 Å². The van der Waals surface area contributed by atoms with E-state index in [2.05, 4.69) is 62.5 Å². The van der Waals surface area contributed by atoms with Gasteiger partial charge in [0.05, 0.1) is 0 Å². The lowest BCUT2D eigenvalue weighted by Crippen LogP contribution is -1.75. The van der Waals surface area contributed by atoms with E-state index in [4.69, 9.17) is 0 Å². The fraction of sp³-hybridized carbons (Fsp3) is 0.529. The van der Waals surface area contributed by atoms with Gasteiger partial charge in [-0.2, -0.15) is 0 Å². The van der Waals surface area contributed by atoms with Crippen molar-refractivity contribution in [3.05, 3.63) is 48.6 Å². The summed E-state index contributed by atoms with van der Waals surface area (Å²) in [5.41, 5.74) is 0. The summed E-state index contributed by atoms with van der Waals surface area (Å²) in [5, 5.41) is 0. The van der Waals surface area contributed by atoms with E-state index in [1.54, 1.807) is 0 Å². The molecule has 0 unspecified atom stereocenters. The molecule has 0 spiro atoms. The summed E-state index contributed by atoms with van der Waals surface area (Å²) in [7, 11) is 0. The second kappa shape index (κ2) is 15.0. The Labute approximate surface area is 108 Å². The normalized spacial score (nSPS) is 12.8. The highest BCUT2D eigenvalue weighted by Crippen LogP contribution is 2.05. The molecule has 0 aromatic carbocycles. The lowest BCUT2D eigenvalue weighted by atomic mass is 10.1. The molecule has 0 aromatic heterocycles. The van der Waals surface area contributed by atoms with E-state index in [1.165, 1.54) is 38.5 Å². The molecule has 0 bridgehead atoms. The molecular formula is C17H28. The largest absolute Gasteiger partial charge is 0.0848 e. The SMILES string of the molecule is CC/C=C/C=C/C=C/C=C/CCCCCCC. The summed E-state index contributed by atoms with van der Waals surface area (Å²) in [6.07, 6.45) is 26.1. The molecule has 0 heterocycles. The Morgan fingerprint density at radius 2 is 1.18 bits per heavy atom. The maximum absolute atomic E-state index is 2.26. The third-order valence-electron chi connectivity index (χ3n) is 2.54. The zero-order valence-corrected chi connectivity index (χ0v) is 11.6. The Kier molecular flexibility index (Phi) is 14.0. The molecule has 0 radical (unpaired) electrons. The topological polar surface area (TPSA) is 0 Å². The number of hydrogen-bond acceptors (Lipinski definition) is 0. The molecule has 0 fully saturated rings. The van der Waals surface area contributed by atoms with Gasteiger partial charge in [0.25, 0.3) is 0 Å². The van der Waals surface area contributed by atoms with Gasteiger partial charge in [0.15, 0.2) is 0 Å². The van der Waals surface area contributed by atoms with Crippen LogP contribution in [0.2, 0.25) is 0 Å².